The highest BCUT2D eigenvalue weighted by molar-refractivity contribution is 6.00. The zero-order valence-corrected chi connectivity index (χ0v) is 17.0. The Kier molecular flexibility index (Phi) is 4.53. The molecule has 1 saturated carbocycles. The van der Waals surface area contributed by atoms with E-state index in [-0.39, 0.29) is 28.8 Å². The lowest BCUT2D eigenvalue weighted by atomic mass is 10.2. The van der Waals surface area contributed by atoms with Crippen molar-refractivity contribution in [2.45, 2.75) is 12.8 Å². The molecule has 0 bridgehead atoms. The first-order valence-electron chi connectivity index (χ1n) is 11.0. The van der Waals surface area contributed by atoms with Crippen molar-refractivity contribution in [2.75, 3.05) is 19.4 Å². The minimum absolute atomic E-state index is 0.0229. The molecule has 0 radical (unpaired) electrons. The summed E-state index contributed by atoms with van der Waals surface area (Å²) in [4.78, 5) is 29.7. The van der Waals surface area contributed by atoms with Gasteiger partial charge < -0.3 is 21.1 Å². The Morgan fingerprint density at radius 2 is 2.23 bits per heavy atom. The number of rotatable bonds is 7. The second-order valence-electron chi connectivity index (χ2n) is 6.96. The van der Waals surface area contributed by atoms with Crippen molar-refractivity contribution in [2.24, 2.45) is 23.7 Å². The molecule has 0 aliphatic heterocycles. The SMILES string of the molecule is [2H]C([2H])([2H])NC(=O)c1cnc(N=C(N)C2CC2)cc1Nc1nccc(-c2ncn(C)n2)c1OC. The van der Waals surface area contributed by atoms with Gasteiger partial charge in [0, 0.05) is 42.5 Å². The van der Waals surface area contributed by atoms with Crippen LogP contribution in [0.2, 0.25) is 0 Å². The van der Waals surface area contributed by atoms with Crippen LogP contribution in [0.5, 0.6) is 5.75 Å². The van der Waals surface area contributed by atoms with Crippen molar-refractivity contribution in [3.05, 3.63) is 36.4 Å². The molecule has 4 rings (SSSR count). The summed E-state index contributed by atoms with van der Waals surface area (Å²) in [5.74, 6) is 1.10. The fraction of sp³-hybridized carbons (Fsp3) is 0.300. The molecule has 0 spiro atoms. The van der Waals surface area contributed by atoms with E-state index in [4.69, 9.17) is 14.6 Å². The number of pyridine rings is 2. The topological polar surface area (TPSA) is 145 Å². The molecule has 0 unspecified atom stereocenters. The molecule has 3 aromatic rings. The first kappa shape index (κ1) is 16.7. The number of methoxy groups -OCH3 is 1. The molecule has 0 atom stereocenters. The van der Waals surface area contributed by atoms with Gasteiger partial charge in [0.25, 0.3) is 5.91 Å². The fourth-order valence-corrected chi connectivity index (χ4v) is 2.97. The first-order valence-corrected chi connectivity index (χ1v) is 9.47. The van der Waals surface area contributed by atoms with Crippen molar-refractivity contribution in [3.8, 4) is 17.1 Å². The highest BCUT2D eigenvalue weighted by Gasteiger charge is 2.26. The molecule has 0 saturated heterocycles. The summed E-state index contributed by atoms with van der Waals surface area (Å²) in [6.07, 6.45) is 6.25. The van der Waals surface area contributed by atoms with Gasteiger partial charge in [-0.3, -0.25) is 9.48 Å². The third kappa shape index (κ3) is 4.29. The van der Waals surface area contributed by atoms with Gasteiger partial charge >= 0.3 is 0 Å². The lowest BCUT2D eigenvalue weighted by Crippen LogP contribution is -2.19. The van der Waals surface area contributed by atoms with Crippen LogP contribution in [0.15, 0.2) is 35.8 Å². The monoisotopic (exact) mass is 424 g/mol. The number of nitrogens with zero attached hydrogens (tertiary/aromatic N) is 6. The molecule has 1 fully saturated rings. The van der Waals surface area contributed by atoms with Gasteiger partial charge in [0.15, 0.2) is 23.2 Å². The maximum atomic E-state index is 12.7. The summed E-state index contributed by atoms with van der Waals surface area (Å²) >= 11 is 0. The van der Waals surface area contributed by atoms with E-state index < -0.39 is 12.9 Å². The minimum Gasteiger partial charge on any atom is -0.492 e. The zero-order chi connectivity index (χ0) is 24.5. The van der Waals surface area contributed by atoms with Crippen LogP contribution < -0.4 is 21.1 Å². The number of ether oxygens (including phenoxy) is 1. The van der Waals surface area contributed by atoms with Gasteiger partial charge in [-0.15, -0.1) is 0 Å². The largest absolute Gasteiger partial charge is 0.492 e. The smallest absolute Gasteiger partial charge is 0.254 e. The average Bonchev–Trinajstić information content (AvgIpc) is 3.53. The molecule has 1 aliphatic carbocycles. The van der Waals surface area contributed by atoms with Crippen molar-refractivity contribution in [1.29, 1.82) is 0 Å². The number of anilines is 2. The molecule has 4 N–H and O–H groups in total. The van der Waals surface area contributed by atoms with Crippen LogP contribution in [0.4, 0.5) is 17.3 Å². The predicted octanol–water partition coefficient (Wildman–Crippen LogP) is 1.78. The minimum atomic E-state index is -2.68. The lowest BCUT2D eigenvalue weighted by Gasteiger charge is -2.15. The average molecular weight is 424 g/mol. The van der Waals surface area contributed by atoms with E-state index in [1.807, 2.05) is 5.32 Å². The standard InChI is InChI=1S/C20H23N9O2/c1-22-20(30)13-9-24-15(27-17(21)11-4-5-11)8-14(13)26-19-16(31-3)12(6-7-23-19)18-25-10-29(2)28-18/h6-11H,4-5H2,1-3H3,(H,22,30)(H3,21,23,24,26,27)/i1D3. The molecule has 3 aromatic heterocycles. The first-order chi connectivity index (χ1) is 16.1. The highest BCUT2D eigenvalue weighted by atomic mass is 16.5. The number of amides is 1. The molecular weight excluding hydrogens is 398 g/mol. The summed E-state index contributed by atoms with van der Waals surface area (Å²) in [5.41, 5.74) is 6.78. The maximum Gasteiger partial charge on any atom is 0.254 e. The van der Waals surface area contributed by atoms with Crippen LogP contribution in [0, 0.1) is 5.92 Å². The Bertz CT molecular complexity index is 1250. The van der Waals surface area contributed by atoms with Crippen molar-refractivity contribution in [1.82, 2.24) is 30.0 Å². The number of hydrogen-bond donors (Lipinski definition) is 3. The van der Waals surface area contributed by atoms with E-state index in [0.29, 0.717) is 23.0 Å². The molecule has 3 heterocycles. The van der Waals surface area contributed by atoms with Gasteiger partial charge in [0.1, 0.15) is 12.2 Å². The lowest BCUT2D eigenvalue weighted by molar-refractivity contribution is 0.0963. The number of amidine groups is 1. The van der Waals surface area contributed by atoms with Crippen molar-refractivity contribution < 1.29 is 13.6 Å². The molecule has 0 aromatic carbocycles. The van der Waals surface area contributed by atoms with Crippen LogP contribution in [-0.4, -0.2) is 50.6 Å². The number of nitrogens with two attached hydrogens (primary N) is 1. The maximum absolute atomic E-state index is 12.7. The summed E-state index contributed by atoms with van der Waals surface area (Å²) in [6.45, 7) is -2.68. The molecule has 11 heteroatoms. The van der Waals surface area contributed by atoms with Crippen LogP contribution in [0.1, 0.15) is 27.3 Å². The second-order valence-corrected chi connectivity index (χ2v) is 6.96. The highest BCUT2D eigenvalue weighted by Crippen LogP contribution is 2.36. The number of carbonyl (C=O) groups is 1. The number of aromatic nitrogens is 5. The van der Waals surface area contributed by atoms with Gasteiger partial charge in [0.05, 0.1) is 23.9 Å². The van der Waals surface area contributed by atoms with Gasteiger partial charge in [-0.25, -0.2) is 19.9 Å². The van der Waals surface area contributed by atoms with E-state index in [9.17, 15) is 4.79 Å². The summed E-state index contributed by atoms with van der Waals surface area (Å²) in [6, 6.07) is 3.19. The molecule has 11 nitrogen and oxygen atoms in total. The van der Waals surface area contributed by atoms with Gasteiger partial charge in [-0.2, -0.15) is 5.10 Å². The quantitative estimate of drug-likeness (QED) is 0.384. The normalized spacial score (nSPS) is 15.5. The Labute approximate surface area is 183 Å². The Morgan fingerprint density at radius 1 is 1.39 bits per heavy atom. The Morgan fingerprint density at radius 3 is 2.90 bits per heavy atom. The number of carbonyl (C=O) groups excluding carboxylic acids is 1. The van der Waals surface area contributed by atoms with E-state index >= 15 is 0 Å². The van der Waals surface area contributed by atoms with Crippen LogP contribution in [0.3, 0.4) is 0 Å². The summed E-state index contributed by atoms with van der Waals surface area (Å²) in [7, 11) is 3.21. The number of hydrogen-bond acceptors (Lipinski definition) is 8. The van der Waals surface area contributed by atoms with Crippen LogP contribution in [0.25, 0.3) is 11.4 Å². The van der Waals surface area contributed by atoms with Crippen LogP contribution in [-0.2, 0) is 7.05 Å². The number of aliphatic imine (C=N–C) groups is 1. The Hall–Kier alpha value is -4.02. The Balaban J connectivity index is 1.76. The third-order valence-electron chi connectivity index (χ3n) is 4.69. The fourth-order valence-electron chi connectivity index (χ4n) is 2.97. The van der Waals surface area contributed by atoms with Gasteiger partial charge in [0.2, 0.25) is 0 Å². The van der Waals surface area contributed by atoms with Crippen LogP contribution >= 0.6 is 0 Å². The van der Waals surface area contributed by atoms with Crippen molar-refractivity contribution in [3.63, 3.8) is 0 Å². The van der Waals surface area contributed by atoms with E-state index in [2.05, 4.69) is 30.4 Å². The summed E-state index contributed by atoms with van der Waals surface area (Å²) in [5, 5.41) is 9.30. The van der Waals surface area contributed by atoms with E-state index in [0.717, 1.165) is 12.8 Å². The second kappa shape index (κ2) is 8.38. The molecule has 1 aliphatic rings. The third-order valence-corrected chi connectivity index (χ3v) is 4.69. The molecule has 1 amide bonds. The predicted molar refractivity (Wildman–Crippen MR) is 116 cm³/mol. The number of nitrogens with one attached hydrogen (secondary N) is 2. The van der Waals surface area contributed by atoms with E-state index in [1.54, 1.807) is 24.1 Å². The van der Waals surface area contributed by atoms with Gasteiger partial charge in [-0.1, -0.05) is 0 Å². The molecule has 160 valence electrons. The number of aryl methyl sites for hydroxylation is 1. The summed E-state index contributed by atoms with van der Waals surface area (Å²) < 4.78 is 29.2. The van der Waals surface area contributed by atoms with Gasteiger partial charge in [-0.05, 0) is 18.9 Å². The van der Waals surface area contributed by atoms with E-state index in [1.165, 1.54) is 25.6 Å². The zero-order valence-electron chi connectivity index (χ0n) is 20.0. The van der Waals surface area contributed by atoms with Crippen molar-refractivity contribution >= 4 is 29.1 Å². The molecular formula is C20H23N9O2. The molecule has 31 heavy (non-hydrogen) atoms.